The van der Waals surface area contributed by atoms with Crippen LogP contribution in [-0.2, 0) is 0 Å². The number of nitrogens with zero attached hydrogens (tertiary/aromatic N) is 3. The summed E-state index contributed by atoms with van der Waals surface area (Å²) in [5.41, 5.74) is 2.66. The van der Waals surface area contributed by atoms with Gasteiger partial charge in [-0.25, -0.2) is 9.67 Å². The molecule has 0 fully saturated rings. The standard InChI is InChI=1S/C18H19ClN4O3S/c1-9-15(19)11(3)23(22-9)18-20-10(2)16(27-18)17(24)21-13-7-6-12(25-4)8-14(13)26-5/h6-8H,1-5H3,(H,21,24). The molecule has 3 aromatic rings. The number of aryl methyl sites for hydroxylation is 2. The summed E-state index contributed by atoms with van der Waals surface area (Å²) in [6.45, 7) is 5.48. The molecule has 0 aliphatic rings. The predicted molar refractivity (Wildman–Crippen MR) is 106 cm³/mol. The minimum absolute atomic E-state index is 0.271. The van der Waals surface area contributed by atoms with Crippen molar-refractivity contribution in [2.45, 2.75) is 20.8 Å². The van der Waals surface area contributed by atoms with Crippen molar-refractivity contribution >= 4 is 34.5 Å². The summed E-state index contributed by atoms with van der Waals surface area (Å²) >= 11 is 7.46. The Hall–Kier alpha value is -2.58. The minimum atomic E-state index is -0.271. The zero-order valence-electron chi connectivity index (χ0n) is 15.6. The van der Waals surface area contributed by atoms with Crippen molar-refractivity contribution in [3.05, 3.63) is 45.2 Å². The number of amides is 1. The number of benzene rings is 1. The van der Waals surface area contributed by atoms with Gasteiger partial charge in [-0.1, -0.05) is 22.9 Å². The number of thiazole rings is 1. The molecule has 2 heterocycles. The average molecular weight is 407 g/mol. The lowest BCUT2D eigenvalue weighted by Crippen LogP contribution is -2.12. The van der Waals surface area contributed by atoms with Crippen LogP contribution >= 0.6 is 22.9 Å². The number of halogens is 1. The van der Waals surface area contributed by atoms with E-state index in [0.29, 0.717) is 37.9 Å². The molecule has 0 saturated carbocycles. The number of hydrogen-bond acceptors (Lipinski definition) is 6. The van der Waals surface area contributed by atoms with Crippen molar-refractivity contribution in [1.82, 2.24) is 14.8 Å². The van der Waals surface area contributed by atoms with Crippen molar-refractivity contribution in [2.24, 2.45) is 0 Å². The van der Waals surface area contributed by atoms with Crippen LogP contribution in [0, 0.1) is 20.8 Å². The Morgan fingerprint density at radius 2 is 1.93 bits per heavy atom. The van der Waals surface area contributed by atoms with Gasteiger partial charge in [0, 0.05) is 6.07 Å². The second-order valence-electron chi connectivity index (χ2n) is 5.83. The number of anilines is 1. The number of aromatic nitrogens is 3. The normalized spacial score (nSPS) is 10.7. The fourth-order valence-corrected chi connectivity index (χ4v) is 3.66. The Labute approximate surface area is 165 Å². The van der Waals surface area contributed by atoms with E-state index < -0.39 is 0 Å². The van der Waals surface area contributed by atoms with Gasteiger partial charge in [0.2, 0.25) is 5.13 Å². The van der Waals surface area contributed by atoms with Crippen LogP contribution < -0.4 is 14.8 Å². The summed E-state index contributed by atoms with van der Waals surface area (Å²) in [5, 5.41) is 8.44. The molecule has 7 nitrogen and oxygen atoms in total. The van der Waals surface area contributed by atoms with Gasteiger partial charge in [0.1, 0.15) is 16.4 Å². The predicted octanol–water partition coefficient (Wildman–Crippen LogP) is 4.18. The molecule has 2 aromatic heterocycles. The molecule has 0 spiro atoms. The van der Waals surface area contributed by atoms with E-state index in [4.69, 9.17) is 21.1 Å². The van der Waals surface area contributed by atoms with Crippen LogP contribution in [-0.4, -0.2) is 34.9 Å². The molecule has 27 heavy (non-hydrogen) atoms. The van der Waals surface area contributed by atoms with Gasteiger partial charge < -0.3 is 14.8 Å². The van der Waals surface area contributed by atoms with Gasteiger partial charge in [-0.3, -0.25) is 4.79 Å². The van der Waals surface area contributed by atoms with Gasteiger partial charge in [-0.05, 0) is 32.9 Å². The molecule has 0 saturated heterocycles. The summed E-state index contributed by atoms with van der Waals surface area (Å²) in [4.78, 5) is 17.7. The molecule has 142 valence electrons. The summed E-state index contributed by atoms with van der Waals surface area (Å²) < 4.78 is 12.2. The number of rotatable bonds is 5. The van der Waals surface area contributed by atoms with E-state index in [-0.39, 0.29) is 5.91 Å². The van der Waals surface area contributed by atoms with Gasteiger partial charge in [0.05, 0.1) is 42.0 Å². The quantitative estimate of drug-likeness (QED) is 0.687. The largest absolute Gasteiger partial charge is 0.497 e. The highest BCUT2D eigenvalue weighted by atomic mass is 35.5. The lowest BCUT2D eigenvalue weighted by atomic mass is 10.2. The molecule has 0 bridgehead atoms. The molecule has 0 aliphatic carbocycles. The maximum Gasteiger partial charge on any atom is 0.267 e. The van der Waals surface area contributed by atoms with Crippen LogP contribution in [0.25, 0.3) is 5.13 Å². The van der Waals surface area contributed by atoms with Crippen LogP contribution in [0.4, 0.5) is 5.69 Å². The number of ether oxygens (including phenoxy) is 2. The molecular weight excluding hydrogens is 388 g/mol. The lowest BCUT2D eigenvalue weighted by molar-refractivity contribution is 0.102. The monoisotopic (exact) mass is 406 g/mol. The summed E-state index contributed by atoms with van der Waals surface area (Å²) in [5.74, 6) is 0.880. The SMILES string of the molecule is COc1ccc(NC(=O)c2sc(-n3nc(C)c(Cl)c3C)nc2C)c(OC)c1. The number of hydrogen-bond donors (Lipinski definition) is 1. The van der Waals surface area contributed by atoms with E-state index >= 15 is 0 Å². The second-order valence-corrected chi connectivity index (χ2v) is 7.18. The molecule has 9 heteroatoms. The number of nitrogens with one attached hydrogen (secondary N) is 1. The van der Waals surface area contributed by atoms with Crippen LogP contribution in [0.5, 0.6) is 11.5 Å². The molecule has 1 aromatic carbocycles. The van der Waals surface area contributed by atoms with Crippen molar-refractivity contribution in [3.63, 3.8) is 0 Å². The second kappa shape index (κ2) is 7.58. The number of carbonyl (C=O) groups excluding carboxylic acids is 1. The third-order valence-corrected chi connectivity index (χ3v) is 5.71. The molecule has 0 atom stereocenters. The van der Waals surface area contributed by atoms with Crippen molar-refractivity contribution < 1.29 is 14.3 Å². The Balaban J connectivity index is 1.90. The molecule has 3 rings (SSSR count). The van der Waals surface area contributed by atoms with Crippen LogP contribution in [0.2, 0.25) is 5.02 Å². The van der Waals surface area contributed by atoms with Crippen molar-refractivity contribution in [2.75, 3.05) is 19.5 Å². The first-order valence-corrected chi connectivity index (χ1v) is 9.28. The van der Waals surface area contributed by atoms with Crippen LogP contribution in [0.3, 0.4) is 0 Å². The first-order valence-electron chi connectivity index (χ1n) is 8.08. The van der Waals surface area contributed by atoms with E-state index in [9.17, 15) is 4.79 Å². The third kappa shape index (κ3) is 3.63. The smallest absolute Gasteiger partial charge is 0.267 e. The number of methoxy groups -OCH3 is 2. The molecule has 1 N–H and O–H groups in total. The van der Waals surface area contributed by atoms with Gasteiger partial charge in [0.25, 0.3) is 5.91 Å². The van der Waals surface area contributed by atoms with Crippen LogP contribution in [0.15, 0.2) is 18.2 Å². The minimum Gasteiger partial charge on any atom is -0.497 e. The maximum atomic E-state index is 12.8. The first-order chi connectivity index (χ1) is 12.8. The highest BCUT2D eigenvalue weighted by Gasteiger charge is 2.20. The van der Waals surface area contributed by atoms with Crippen molar-refractivity contribution in [3.8, 4) is 16.6 Å². The summed E-state index contributed by atoms with van der Waals surface area (Å²) in [6.07, 6.45) is 0. The highest BCUT2D eigenvalue weighted by molar-refractivity contribution is 7.16. The average Bonchev–Trinajstić information content (AvgIpc) is 3.17. The lowest BCUT2D eigenvalue weighted by Gasteiger charge is -2.11. The molecule has 0 radical (unpaired) electrons. The first kappa shape index (κ1) is 19.2. The number of carbonyl (C=O) groups is 1. The van der Waals surface area contributed by atoms with Gasteiger partial charge in [0.15, 0.2) is 0 Å². The zero-order chi connectivity index (χ0) is 19.7. The Morgan fingerprint density at radius 3 is 2.52 bits per heavy atom. The molecular formula is C18H19ClN4O3S. The molecule has 0 aliphatic heterocycles. The Morgan fingerprint density at radius 1 is 1.19 bits per heavy atom. The van der Waals surface area contributed by atoms with E-state index in [1.807, 2.05) is 13.8 Å². The van der Waals surface area contributed by atoms with Gasteiger partial charge >= 0.3 is 0 Å². The van der Waals surface area contributed by atoms with E-state index in [1.165, 1.54) is 18.4 Å². The fourth-order valence-electron chi connectivity index (χ4n) is 2.57. The highest BCUT2D eigenvalue weighted by Crippen LogP contribution is 2.31. The Bertz CT molecular complexity index is 1010. The van der Waals surface area contributed by atoms with Gasteiger partial charge in [-0.2, -0.15) is 5.10 Å². The summed E-state index contributed by atoms with van der Waals surface area (Å²) in [7, 11) is 3.10. The van der Waals surface area contributed by atoms with E-state index in [0.717, 1.165) is 11.4 Å². The third-order valence-electron chi connectivity index (χ3n) is 4.03. The van der Waals surface area contributed by atoms with E-state index in [1.54, 1.807) is 36.9 Å². The van der Waals surface area contributed by atoms with Crippen molar-refractivity contribution in [1.29, 1.82) is 0 Å². The molecule has 1 amide bonds. The fraction of sp³-hybridized carbons (Fsp3) is 0.278. The Kier molecular flexibility index (Phi) is 5.38. The maximum absolute atomic E-state index is 12.8. The molecule has 0 unspecified atom stereocenters. The van der Waals surface area contributed by atoms with E-state index in [2.05, 4.69) is 15.4 Å². The van der Waals surface area contributed by atoms with Gasteiger partial charge in [-0.15, -0.1) is 0 Å². The topological polar surface area (TPSA) is 78.3 Å². The summed E-state index contributed by atoms with van der Waals surface area (Å²) in [6, 6.07) is 5.19. The zero-order valence-corrected chi connectivity index (χ0v) is 17.2. The van der Waals surface area contributed by atoms with Crippen LogP contribution in [0.1, 0.15) is 26.8 Å².